The van der Waals surface area contributed by atoms with E-state index in [1.165, 1.54) is 19.3 Å². The molecule has 14 heavy (non-hydrogen) atoms. The first-order chi connectivity index (χ1) is 6.74. The van der Waals surface area contributed by atoms with Crippen LogP contribution in [0.1, 0.15) is 26.2 Å². The summed E-state index contributed by atoms with van der Waals surface area (Å²) in [7, 11) is 0. The van der Waals surface area contributed by atoms with Crippen molar-refractivity contribution in [2.75, 3.05) is 11.5 Å². The van der Waals surface area contributed by atoms with Gasteiger partial charge < -0.3 is 5.73 Å². The molecule has 0 heterocycles. The van der Waals surface area contributed by atoms with E-state index in [9.17, 15) is 0 Å². The lowest BCUT2D eigenvalue weighted by Gasteiger charge is -2.05. The lowest BCUT2D eigenvalue weighted by Crippen LogP contribution is -1.89. The summed E-state index contributed by atoms with van der Waals surface area (Å²) in [6.07, 6.45) is 3.78. The summed E-state index contributed by atoms with van der Waals surface area (Å²) in [6.45, 7) is 2.21. The maximum absolute atomic E-state index is 5.89. The van der Waals surface area contributed by atoms with Gasteiger partial charge in [-0.3, -0.25) is 0 Å². The van der Waals surface area contributed by atoms with Gasteiger partial charge >= 0.3 is 0 Å². The molecule has 0 spiro atoms. The van der Waals surface area contributed by atoms with Crippen molar-refractivity contribution in [3.05, 3.63) is 23.2 Å². The zero-order valence-electron chi connectivity index (χ0n) is 8.42. The number of hydrogen-bond donors (Lipinski definition) is 1. The summed E-state index contributed by atoms with van der Waals surface area (Å²) in [4.78, 5) is 1.11. The Kier molecular flexibility index (Phi) is 5.20. The molecule has 0 bridgehead atoms. The molecule has 0 aliphatic rings. The minimum absolute atomic E-state index is 0.761. The van der Waals surface area contributed by atoms with Crippen molar-refractivity contribution in [1.82, 2.24) is 0 Å². The first kappa shape index (κ1) is 11.7. The average Bonchev–Trinajstić information content (AvgIpc) is 2.18. The molecule has 2 N–H and O–H groups in total. The second kappa shape index (κ2) is 6.20. The standard InChI is InChI=1S/C11H16ClNS/c1-2-3-4-7-14-11-8-9(12)5-6-10(11)13/h5-6,8H,2-4,7,13H2,1H3. The van der Waals surface area contributed by atoms with Gasteiger partial charge in [0.2, 0.25) is 0 Å². The van der Waals surface area contributed by atoms with Crippen molar-refractivity contribution < 1.29 is 0 Å². The van der Waals surface area contributed by atoms with Crippen molar-refractivity contribution in [1.29, 1.82) is 0 Å². The highest BCUT2D eigenvalue weighted by molar-refractivity contribution is 7.99. The quantitative estimate of drug-likeness (QED) is 0.465. The third-order valence-electron chi connectivity index (χ3n) is 1.98. The highest BCUT2D eigenvalue weighted by Gasteiger charge is 2.00. The van der Waals surface area contributed by atoms with Crippen LogP contribution in [-0.2, 0) is 0 Å². The second-order valence-corrected chi connectivity index (χ2v) is 4.81. The molecule has 0 aromatic heterocycles. The molecule has 0 saturated heterocycles. The zero-order chi connectivity index (χ0) is 10.4. The Morgan fingerprint density at radius 2 is 2.14 bits per heavy atom. The molecular weight excluding hydrogens is 214 g/mol. The molecular formula is C11H16ClNS. The fraction of sp³-hybridized carbons (Fsp3) is 0.455. The van der Waals surface area contributed by atoms with Crippen LogP contribution in [0.4, 0.5) is 5.69 Å². The average molecular weight is 230 g/mol. The topological polar surface area (TPSA) is 26.0 Å². The van der Waals surface area contributed by atoms with Gasteiger partial charge in [-0.1, -0.05) is 31.4 Å². The van der Waals surface area contributed by atoms with Crippen LogP contribution in [0.2, 0.25) is 5.02 Å². The molecule has 0 atom stereocenters. The molecule has 1 aromatic carbocycles. The van der Waals surface area contributed by atoms with Gasteiger partial charge in [-0.05, 0) is 30.4 Å². The highest BCUT2D eigenvalue weighted by atomic mass is 35.5. The third kappa shape index (κ3) is 3.81. The molecule has 0 radical (unpaired) electrons. The smallest absolute Gasteiger partial charge is 0.0453 e. The molecule has 3 heteroatoms. The molecule has 78 valence electrons. The fourth-order valence-corrected chi connectivity index (χ4v) is 2.42. The van der Waals surface area contributed by atoms with E-state index < -0.39 is 0 Å². The predicted molar refractivity (Wildman–Crippen MR) is 66.1 cm³/mol. The number of benzene rings is 1. The summed E-state index contributed by atoms with van der Waals surface area (Å²) in [5, 5.41) is 0.761. The molecule has 1 rings (SSSR count). The molecule has 0 fully saturated rings. The van der Waals surface area contributed by atoms with Gasteiger partial charge in [-0.15, -0.1) is 11.8 Å². The van der Waals surface area contributed by atoms with Gasteiger partial charge in [-0.2, -0.15) is 0 Å². The van der Waals surface area contributed by atoms with E-state index in [2.05, 4.69) is 6.92 Å². The van der Waals surface area contributed by atoms with Crippen LogP contribution < -0.4 is 5.73 Å². The zero-order valence-corrected chi connectivity index (χ0v) is 10.00. The number of rotatable bonds is 5. The molecule has 0 saturated carbocycles. The minimum atomic E-state index is 0.761. The molecule has 0 unspecified atom stereocenters. The fourth-order valence-electron chi connectivity index (χ4n) is 1.17. The van der Waals surface area contributed by atoms with E-state index in [1.54, 1.807) is 11.8 Å². The lowest BCUT2D eigenvalue weighted by atomic mass is 10.3. The minimum Gasteiger partial charge on any atom is -0.398 e. The van der Waals surface area contributed by atoms with Crippen molar-refractivity contribution in [3.63, 3.8) is 0 Å². The number of unbranched alkanes of at least 4 members (excludes halogenated alkanes) is 2. The lowest BCUT2D eigenvalue weighted by molar-refractivity contribution is 0.778. The van der Waals surface area contributed by atoms with Gasteiger partial charge in [0, 0.05) is 15.6 Å². The Hall–Kier alpha value is -0.340. The number of hydrogen-bond acceptors (Lipinski definition) is 2. The summed E-state index contributed by atoms with van der Waals surface area (Å²) in [6, 6.07) is 5.63. The third-order valence-corrected chi connectivity index (χ3v) is 3.37. The van der Waals surface area contributed by atoms with Crippen molar-refractivity contribution in [2.24, 2.45) is 0 Å². The van der Waals surface area contributed by atoms with Crippen LogP contribution in [0.15, 0.2) is 23.1 Å². The Morgan fingerprint density at radius 1 is 1.36 bits per heavy atom. The highest BCUT2D eigenvalue weighted by Crippen LogP contribution is 2.28. The predicted octanol–water partition coefficient (Wildman–Crippen LogP) is 4.20. The Bertz CT molecular complexity index is 289. The summed E-state index contributed by atoms with van der Waals surface area (Å²) >= 11 is 7.68. The molecule has 0 aliphatic carbocycles. The second-order valence-electron chi connectivity index (χ2n) is 3.24. The number of halogens is 1. The Labute approximate surface area is 95.0 Å². The Morgan fingerprint density at radius 3 is 2.86 bits per heavy atom. The SMILES string of the molecule is CCCCCSc1cc(Cl)ccc1N. The number of thioether (sulfide) groups is 1. The molecule has 1 nitrogen and oxygen atoms in total. The summed E-state index contributed by atoms with van der Waals surface area (Å²) in [5.74, 6) is 1.12. The van der Waals surface area contributed by atoms with Crippen LogP contribution in [0.5, 0.6) is 0 Å². The maximum atomic E-state index is 5.89. The largest absolute Gasteiger partial charge is 0.398 e. The van der Waals surface area contributed by atoms with Gasteiger partial charge in [0.25, 0.3) is 0 Å². The van der Waals surface area contributed by atoms with Crippen LogP contribution in [0, 0.1) is 0 Å². The summed E-state index contributed by atoms with van der Waals surface area (Å²) < 4.78 is 0. The van der Waals surface area contributed by atoms with Gasteiger partial charge in [0.1, 0.15) is 0 Å². The maximum Gasteiger partial charge on any atom is 0.0453 e. The van der Waals surface area contributed by atoms with E-state index in [1.807, 2.05) is 18.2 Å². The van der Waals surface area contributed by atoms with Crippen LogP contribution in [0.3, 0.4) is 0 Å². The van der Waals surface area contributed by atoms with Gasteiger partial charge in [-0.25, -0.2) is 0 Å². The number of nitrogens with two attached hydrogens (primary N) is 1. The Balaban J connectivity index is 2.45. The van der Waals surface area contributed by atoms with Crippen LogP contribution in [-0.4, -0.2) is 5.75 Å². The van der Waals surface area contributed by atoms with Gasteiger partial charge in [0.05, 0.1) is 0 Å². The van der Waals surface area contributed by atoms with E-state index in [4.69, 9.17) is 17.3 Å². The van der Waals surface area contributed by atoms with E-state index in [-0.39, 0.29) is 0 Å². The first-order valence-corrected chi connectivity index (χ1v) is 6.28. The van der Waals surface area contributed by atoms with E-state index in [0.29, 0.717) is 0 Å². The molecule has 1 aromatic rings. The van der Waals surface area contributed by atoms with E-state index >= 15 is 0 Å². The number of anilines is 1. The van der Waals surface area contributed by atoms with Crippen molar-refractivity contribution in [3.8, 4) is 0 Å². The summed E-state index contributed by atoms with van der Waals surface area (Å²) in [5.41, 5.74) is 6.65. The van der Waals surface area contributed by atoms with Crippen LogP contribution in [0.25, 0.3) is 0 Å². The van der Waals surface area contributed by atoms with Crippen LogP contribution >= 0.6 is 23.4 Å². The number of nitrogen functional groups attached to an aromatic ring is 1. The van der Waals surface area contributed by atoms with Crippen molar-refractivity contribution >= 4 is 29.1 Å². The molecule has 0 aliphatic heterocycles. The van der Waals surface area contributed by atoms with E-state index in [0.717, 1.165) is 21.4 Å². The first-order valence-electron chi connectivity index (χ1n) is 4.92. The van der Waals surface area contributed by atoms with Crippen molar-refractivity contribution in [2.45, 2.75) is 31.1 Å². The van der Waals surface area contributed by atoms with Gasteiger partial charge in [0.15, 0.2) is 0 Å². The normalized spacial score (nSPS) is 10.4. The monoisotopic (exact) mass is 229 g/mol. The molecule has 0 amide bonds.